The Balaban J connectivity index is 1.65. The number of rotatable bonds is 10. The second-order valence-corrected chi connectivity index (χ2v) is 9.19. The van der Waals surface area contributed by atoms with Crippen molar-refractivity contribution in [3.8, 4) is 28.7 Å². The fourth-order valence-corrected chi connectivity index (χ4v) is 5.44. The minimum atomic E-state index is -1.05. The van der Waals surface area contributed by atoms with Gasteiger partial charge in [0, 0.05) is 23.5 Å². The van der Waals surface area contributed by atoms with E-state index < -0.39 is 12.6 Å². The first-order chi connectivity index (χ1) is 18.0. The van der Waals surface area contributed by atoms with Gasteiger partial charge in [-0.1, -0.05) is 25.1 Å². The summed E-state index contributed by atoms with van der Waals surface area (Å²) < 4.78 is 28.3. The number of carboxylic acids is 1. The molecule has 0 amide bonds. The maximum Gasteiger partial charge on any atom is 0.341 e. The van der Waals surface area contributed by atoms with Gasteiger partial charge in [-0.25, -0.2) is 4.79 Å². The Morgan fingerprint density at radius 1 is 0.946 bits per heavy atom. The van der Waals surface area contributed by atoms with Crippen LogP contribution in [0.25, 0.3) is 0 Å². The lowest BCUT2D eigenvalue weighted by Gasteiger charge is -2.26. The van der Waals surface area contributed by atoms with Gasteiger partial charge in [0.05, 0.1) is 13.7 Å². The molecule has 1 heterocycles. The summed E-state index contributed by atoms with van der Waals surface area (Å²) in [5.41, 5.74) is 10.6. The van der Waals surface area contributed by atoms with E-state index in [0.29, 0.717) is 24.7 Å². The van der Waals surface area contributed by atoms with Crippen LogP contribution in [0.4, 0.5) is 0 Å². The standard InChI is InChI=1S/C29H31NO7/c1-3-10-34-19-6-7-20-22(12-19)29(21-8-5-18(33-2)13-25(21)35-15-27(31)32)23(14-30)28(20)17-4-9-24-26(11-17)37-16-36-24/h4-9,11-13,23,28-29H,3,10,14-16,30H2,1-2H3,(H,31,32). The largest absolute Gasteiger partial charge is 0.497 e. The Kier molecular flexibility index (Phi) is 7.10. The van der Waals surface area contributed by atoms with E-state index in [2.05, 4.69) is 25.1 Å². The van der Waals surface area contributed by atoms with Crippen molar-refractivity contribution in [3.63, 3.8) is 0 Å². The normalized spacial score (nSPS) is 19.4. The zero-order chi connectivity index (χ0) is 25.9. The zero-order valence-electron chi connectivity index (χ0n) is 20.9. The van der Waals surface area contributed by atoms with Gasteiger partial charge in [-0.3, -0.25) is 0 Å². The van der Waals surface area contributed by atoms with E-state index in [4.69, 9.17) is 29.4 Å². The van der Waals surface area contributed by atoms with Gasteiger partial charge >= 0.3 is 5.97 Å². The predicted molar refractivity (Wildman–Crippen MR) is 137 cm³/mol. The van der Waals surface area contributed by atoms with Gasteiger partial charge < -0.3 is 34.5 Å². The van der Waals surface area contributed by atoms with Crippen LogP contribution in [0.1, 0.15) is 47.4 Å². The van der Waals surface area contributed by atoms with E-state index in [1.54, 1.807) is 13.2 Å². The Morgan fingerprint density at radius 3 is 2.49 bits per heavy atom. The molecule has 0 spiro atoms. The van der Waals surface area contributed by atoms with Crippen molar-refractivity contribution in [1.82, 2.24) is 0 Å². The molecule has 3 aromatic rings. The van der Waals surface area contributed by atoms with E-state index in [-0.39, 0.29) is 24.5 Å². The van der Waals surface area contributed by atoms with E-state index >= 15 is 0 Å². The average molecular weight is 506 g/mol. The number of aliphatic carboxylic acids is 1. The van der Waals surface area contributed by atoms with Crippen LogP contribution >= 0.6 is 0 Å². The van der Waals surface area contributed by atoms with Crippen molar-refractivity contribution >= 4 is 5.97 Å². The van der Waals surface area contributed by atoms with Crippen molar-refractivity contribution in [1.29, 1.82) is 0 Å². The molecule has 0 radical (unpaired) electrons. The van der Waals surface area contributed by atoms with Gasteiger partial charge in [0.25, 0.3) is 0 Å². The lowest BCUT2D eigenvalue weighted by Crippen LogP contribution is -2.24. The van der Waals surface area contributed by atoms with E-state index in [1.165, 1.54) is 0 Å². The first-order valence-corrected chi connectivity index (χ1v) is 12.4. The minimum absolute atomic E-state index is 0.0193. The van der Waals surface area contributed by atoms with Crippen LogP contribution in [-0.4, -0.2) is 44.7 Å². The highest BCUT2D eigenvalue weighted by atomic mass is 16.7. The molecule has 194 valence electrons. The van der Waals surface area contributed by atoms with Crippen molar-refractivity contribution < 1.29 is 33.6 Å². The Bertz CT molecular complexity index is 1290. The van der Waals surface area contributed by atoms with Crippen LogP contribution in [0.5, 0.6) is 28.7 Å². The van der Waals surface area contributed by atoms with Crippen LogP contribution in [0.2, 0.25) is 0 Å². The smallest absolute Gasteiger partial charge is 0.341 e. The summed E-state index contributed by atoms with van der Waals surface area (Å²) in [6, 6.07) is 17.7. The van der Waals surface area contributed by atoms with Crippen molar-refractivity contribution in [2.45, 2.75) is 25.2 Å². The molecule has 1 aliphatic heterocycles. The van der Waals surface area contributed by atoms with Gasteiger partial charge in [-0.05, 0) is 65.9 Å². The number of hydrogen-bond acceptors (Lipinski definition) is 7. The lowest BCUT2D eigenvalue weighted by molar-refractivity contribution is -0.139. The average Bonchev–Trinajstić information content (AvgIpc) is 3.51. The molecule has 0 bridgehead atoms. The van der Waals surface area contributed by atoms with Crippen LogP contribution in [0.15, 0.2) is 54.6 Å². The van der Waals surface area contributed by atoms with Gasteiger partial charge in [-0.15, -0.1) is 0 Å². The number of ether oxygens (including phenoxy) is 5. The maximum atomic E-state index is 11.3. The number of fused-ring (bicyclic) bond motifs is 2. The van der Waals surface area contributed by atoms with E-state index in [9.17, 15) is 9.90 Å². The molecule has 3 N–H and O–H groups in total. The molecule has 8 heteroatoms. The third-order valence-corrected chi connectivity index (χ3v) is 6.99. The molecular weight excluding hydrogens is 474 g/mol. The first-order valence-electron chi connectivity index (χ1n) is 12.4. The summed E-state index contributed by atoms with van der Waals surface area (Å²) in [5, 5.41) is 9.29. The monoisotopic (exact) mass is 505 g/mol. The van der Waals surface area contributed by atoms with Crippen molar-refractivity contribution in [3.05, 3.63) is 76.9 Å². The highest BCUT2D eigenvalue weighted by Crippen LogP contribution is 2.55. The highest BCUT2D eigenvalue weighted by Gasteiger charge is 2.43. The number of carbonyl (C=O) groups is 1. The van der Waals surface area contributed by atoms with Crippen LogP contribution in [0, 0.1) is 5.92 Å². The molecule has 1 aliphatic carbocycles. The number of hydrogen-bond donors (Lipinski definition) is 2. The van der Waals surface area contributed by atoms with E-state index in [0.717, 1.165) is 45.9 Å². The first kappa shape index (κ1) is 24.8. The fraction of sp³-hybridized carbons (Fsp3) is 0.345. The summed E-state index contributed by atoms with van der Waals surface area (Å²) in [6.45, 7) is 2.83. The molecule has 5 rings (SSSR count). The molecule has 37 heavy (non-hydrogen) atoms. The Labute approximate surface area is 215 Å². The summed E-state index contributed by atoms with van der Waals surface area (Å²) in [7, 11) is 1.57. The summed E-state index contributed by atoms with van der Waals surface area (Å²) in [5.74, 6) is 2.02. The van der Waals surface area contributed by atoms with Crippen LogP contribution in [0.3, 0.4) is 0 Å². The van der Waals surface area contributed by atoms with Crippen LogP contribution < -0.4 is 29.4 Å². The number of methoxy groups -OCH3 is 1. The molecule has 3 atom stereocenters. The second kappa shape index (κ2) is 10.6. The Hall–Kier alpha value is -3.91. The number of nitrogens with two attached hydrogens (primary N) is 1. The fourth-order valence-electron chi connectivity index (χ4n) is 5.44. The van der Waals surface area contributed by atoms with E-state index in [1.807, 2.05) is 30.3 Å². The molecular formula is C29H31NO7. The highest BCUT2D eigenvalue weighted by molar-refractivity contribution is 5.69. The maximum absolute atomic E-state index is 11.3. The number of benzene rings is 3. The molecule has 2 aliphatic rings. The third kappa shape index (κ3) is 4.76. The third-order valence-electron chi connectivity index (χ3n) is 6.99. The summed E-state index contributed by atoms with van der Waals surface area (Å²) >= 11 is 0. The van der Waals surface area contributed by atoms with Gasteiger partial charge in [-0.2, -0.15) is 0 Å². The second-order valence-electron chi connectivity index (χ2n) is 9.19. The Morgan fingerprint density at radius 2 is 1.73 bits per heavy atom. The molecule has 0 saturated heterocycles. The number of carboxylic acid groups (broad SMARTS) is 1. The topological polar surface area (TPSA) is 109 Å². The lowest BCUT2D eigenvalue weighted by atomic mass is 9.79. The minimum Gasteiger partial charge on any atom is -0.497 e. The molecule has 3 aromatic carbocycles. The van der Waals surface area contributed by atoms with Crippen LogP contribution in [-0.2, 0) is 4.79 Å². The SMILES string of the molecule is CCCOc1ccc2c(c1)C(c1ccc(OC)cc1OCC(=O)O)C(CN)C2c1ccc2c(c1)OCO2. The van der Waals surface area contributed by atoms with Gasteiger partial charge in [0.1, 0.15) is 17.2 Å². The van der Waals surface area contributed by atoms with Crippen molar-refractivity contribution in [2.75, 3.05) is 33.7 Å². The van der Waals surface area contributed by atoms with Gasteiger partial charge in [0.2, 0.25) is 6.79 Å². The molecule has 0 aromatic heterocycles. The summed E-state index contributed by atoms with van der Waals surface area (Å²) in [4.78, 5) is 11.3. The molecule has 3 unspecified atom stereocenters. The zero-order valence-corrected chi connectivity index (χ0v) is 20.9. The predicted octanol–water partition coefficient (Wildman–Crippen LogP) is 4.53. The molecule has 0 saturated carbocycles. The van der Waals surface area contributed by atoms with Gasteiger partial charge in [0.15, 0.2) is 18.1 Å². The molecule has 8 nitrogen and oxygen atoms in total. The molecule has 0 fully saturated rings. The van der Waals surface area contributed by atoms with Crippen molar-refractivity contribution in [2.24, 2.45) is 11.7 Å². The summed E-state index contributed by atoms with van der Waals surface area (Å²) in [6.07, 6.45) is 0.900. The quantitative estimate of drug-likeness (QED) is 0.414.